The van der Waals surface area contributed by atoms with Gasteiger partial charge in [0.05, 0.1) is 19.9 Å². The molecule has 0 saturated carbocycles. The van der Waals surface area contributed by atoms with Crippen LogP contribution in [0.5, 0.6) is 5.75 Å². The Morgan fingerprint density at radius 1 is 1.15 bits per heavy atom. The molecule has 1 amide bonds. The Kier molecular flexibility index (Phi) is 5.20. The van der Waals surface area contributed by atoms with Crippen LogP contribution in [0, 0.1) is 0 Å². The Morgan fingerprint density at radius 2 is 2.00 bits per heavy atom. The summed E-state index contributed by atoms with van der Waals surface area (Å²) in [5.74, 6) is 1.93. The molecule has 27 heavy (non-hydrogen) atoms. The molecule has 0 N–H and O–H groups in total. The van der Waals surface area contributed by atoms with E-state index < -0.39 is 0 Å². The van der Waals surface area contributed by atoms with Gasteiger partial charge in [-0.25, -0.2) is 4.98 Å². The number of anilines is 2. The number of methoxy groups -OCH3 is 1. The van der Waals surface area contributed by atoms with Crippen LogP contribution in [0.25, 0.3) is 0 Å². The summed E-state index contributed by atoms with van der Waals surface area (Å²) in [4.78, 5) is 27.8. The van der Waals surface area contributed by atoms with E-state index in [4.69, 9.17) is 4.74 Å². The zero-order valence-corrected chi connectivity index (χ0v) is 15.7. The van der Waals surface area contributed by atoms with Gasteiger partial charge in [-0.1, -0.05) is 0 Å². The minimum atomic E-state index is 0.175. The van der Waals surface area contributed by atoms with Crippen molar-refractivity contribution in [2.45, 2.75) is 12.8 Å². The molecule has 1 aromatic heterocycles. The van der Waals surface area contributed by atoms with Gasteiger partial charge in [0.2, 0.25) is 5.91 Å². The van der Waals surface area contributed by atoms with Crippen LogP contribution in [0.15, 0.2) is 36.8 Å². The number of hydrogen-bond acceptors (Lipinski definition) is 6. The minimum absolute atomic E-state index is 0.175. The van der Waals surface area contributed by atoms with Crippen molar-refractivity contribution < 1.29 is 9.53 Å². The lowest BCUT2D eigenvalue weighted by Crippen LogP contribution is -2.51. The molecule has 7 nitrogen and oxygen atoms in total. The third-order valence-electron chi connectivity index (χ3n) is 5.31. The van der Waals surface area contributed by atoms with Crippen LogP contribution < -0.4 is 14.5 Å². The molecule has 142 valence electrons. The second-order valence-corrected chi connectivity index (χ2v) is 6.97. The van der Waals surface area contributed by atoms with Crippen LogP contribution in [0.1, 0.15) is 12.0 Å². The van der Waals surface area contributed by atoms with Crippen molar-refractivity contribution in [1.29, 1.82) is 0 Å². The fourth-order valence-corrected chi connectivity index (χ4v) is 3.83. The lowest BCUT2D eigenvalue weighted by molar-refractivity contribution is -0.119. The highest BCUT2D eigenvalue weighted by molar-refractivity contribution is 5.96. The van der Waals surface area contributed by atoms with E-state index in [1.54, 1.807) is 25.7 Å². The number of aryl methyl sites for hydroxylation is 1. The molecule has 1 aromatic carbocycles. The standard InChI is InChI=1S/C20H25N5O2/c1-27-17-4-5-18-16(13-17)3-2-8-25(18)20(26)15-23-9-11-24(12-10-23)19-14-21-6-7-22-19/h4-7,13-14H,2-3,8-12,15H2,1H3. The molecule has 2 aliphatic heterocycles. The second-order valence-electron chi connectivity index (χ2n) is 6.97. The van der Waals surface area contributed by atoms with Crippen molar-refractivity contribution in [3.63, 3.8) is 0 Å². The van der Waals surface area contributed by atoms with Crippen molar-refractivity contribution in [3.8, 4) is 5.75 Å². The molecule has 0 atom stereocenters. The monoisotopic (exact) mass is 367 g/mol. The third kappa shape index (κ3) is 3.88. The number of carbonyl (C=O) groups excluding carboxylic acids is 1. The molecule has 0 unspecified atom stereocenters. The highest BCUT2D eigenvalue weighted by atomic mass is 16.5. The number of carbonyl (C=O) groups is 1. The molecular formula is C20H25N5O2. The molecule has 0 radical (unpaired) electrons. The van der Waals surface area contributed by atoms with E-state index in [0.29, 0.717) is 6.54 Å². The van der Waals surface area contributed by atoms with Crippen LogP contribution in [0.4, 0.5) is 11.5 Å². The Morgan fingerprint density at radius 3 is 2.74 bits per heavy atom. The first-order valence-electron chi connectivity index (χ1n) is 9.45. The summed E-state index contributed by atoms with van der Waals surface area (Å²) in [5, 5.41) is 0. The zero-order valence-electron chi connectivity index (χ0n) is 15.7. The number of amides is 1. The van der Waals surface area contributed by atoms with Crippen molar-refractivity contribution in [3.05, 3.63) is 42.4 Å². The van der Waals surface area contributed by atoms with E-state index in [1.807, 2.05) is 17.0 Å². The van der Waals surface area contributed by atoms with Crippen molar-refractivity contribution in [2.75, 3.05) is 56.2 Å². The smallest absolute Gasteiger partial charge is 0.241 e. The quantitative estimate of drug-likeness (QED) is 0.818. The van der Waals surface area contributed by atoms with Crippen molar-refractivity contribution >= 4 is 17.4 Å². The molecule has 4 rings (SSSR count). The van der Waals surface area contributed by atoms with Crippen molar-refractivity contribution in [2.24, 2.45) is 0 Å². The predicted octanol–water partition coefficient (Wildman–Crippen LogP) is 1.59. The lowest BCUT2D eigenvalue weighted by Gasteiger charge is -2.36. The Balaban J connectivity index is 1.37. The number of rotatable bonds is 4. The molecule has 1 fully saturated rings. The van der Waals surface area contributed by atoms with Gasteiger partial charge in [-0.3, -0.25) is 14.7 Å². The zero-order chi connectivity index (χ0) is 18.6. The van der Waals surface area contributed by atoms with E-state index in [0.717, 1.165) is 62.8 Å². The molecule has 3 heterocycles. The van der Waals surface area contributed by atoms with E-state index in [-0.39, 0.29) is 5.91 Å². The first-order valence-corrected chi connectivity index (χ1v) is 9.45. The summed E-state index contributed by atoms with van der Waals surface area (Å²) in [6, 6.07) is 6.00. The molecule has 7 heteroatoms. The summed E-state index contributed by atoms with van der Waals surface area (Å²) in [6.45, 7) is 4.67. The molecule has 0 spiro atoms. The molecular weight excluding hydrogens is 342 g/mol. The number of hydrogen-bond donors (Lipinski definition) is 0. The SMILES string of the molecule is COc1ccc2c(c1)CCCN2C(=O)CN1CCN(c2cnccn2)CC1. The highest BCUT2D eigenvalue weighted by Gasteiger charge is 2.26. The molecule has 0 aliphatic carbocycles. The Hall–Kier alpha value is -2.67. The number of fused-ring (bicyclic) bond motifs is 1. The van der Waals surface area contributed by atoms with E-state index in [1.165, 1.54) is 5.56 Å². The van der Waals surface area contributed by atoms with Crippen LogP contribution in [0.2, 0.25) is 0 Å². The van der Waals surface area contributed by atoms with Crippen LogP contribution in [0.3, 0.4) is 0 Å². The fourth-order valence-electron chi connectivity index (χ4n) is 3.83. The first kappa shape index (κ1) is 17.7. The second kappa shape index (κ2) is 7.92. The third-order valence-corrected chi connectivity index (χ3v) is 5.31. The van der Waals surface area contributed by atoms with Gasteiger partial charge >= 0.3 is 0 Å². The Labute approximate surface area is 159 Å². The summed E-state index contributed by atoms with van der Waals surface area (Å²) in [7, 11) is 1.67. The van der Waals surface area contributed by atoms with Crippen LogP contribution in [-0.4, -0.2) is 67.2 Å². The topological polar surface area (TPSA) is 61.8 Å². The minimum Gasteiger partial charge on any atom is -0.497 e. The Bertz CT molecular complexity index is 790. The average molecular weight is 367 g/mol. The number of benzene rings is 1. The maximum absolute atomic E-state index is 13.0. The summed E-state index contributed by atoms with van der Waals surface area (Å²) in [6.07, 6.45) is 7.18. The van der Waals surface area contributed by atoms with Gasteiger partial charge in [-0.05, 0) is 36.6 Å². The molecule has 2 aliphatic rings. The van der Waals surface area contributed by atoms with E-state index in [9.17, 15) is 4.79 Å². The first-order chi connectivity index (χ1) is 13.2. The maximum atomic E-state index is 13.0. The largest absolute Gasteiger partial charge is 0.497 e. The number of piperazine rings is 1. The summed E-state index contributed by atoms with van der Waals surface area (Å²) >= 11 is 0. The van der Waals surface area contributed by atoms with Crippen LogP contribution >= 0.6 is 0 Å². The fraction of sp³-hybridized carbons (Fsp3) is 0.450. The van der Waals surface area contributed by atoms with E-state index in [2.05, 4.69) is 25.8 Å². The molecule has 2 aromatic rings. The molecule has 0 bridgehead atoms. The maximum Gasteiger partial charge on any atom is 0.241 e. The summed E-state index contributed by atoms with van der Waals surface area (Å²) in [5.41, 5.74) is 2.23. The normalized spacial score (nSPS) is 17.5. The van der Waals surface area contributed by atoms with Gasteiger partial charge < -0.3 is 14.5 Å². The summed E-state index contributed by atoms with van der Waals surface area (Å²) < 4.78 is 5.32. The van der Waals surface area contributed by atoms with E-state index >= 15 is 0 Å². The number of aromatic nitrogens is 2. The van der Waals surface area contributed by atoms with Gasteiger partial charge in [0.25, 0.3) is 0 Å². The van der Waals surface area contributed by atoms with Gasteiger partial charge in [-0.2, -0.15) is 0 Å². The lowest BCUT2D eigenvalue weighted by atomic mass is 10.0. The highest BCUT2D eigenvalue weighted by Crippen LogP contribution is 2.30. The van der Waals surface area contributed by atoms with Gasteiger partial charge in [0.1, 0.15) is 11.6 Å². The van der Waals surface area contributed by atoms with Gasteiger partial charge in [0, 0.05) is 50.8 Å². The number of nitrogens with zero attached hydrogens (tertiary/aromatic N) is 5. The average Bonchev–Trinajstić information content (AvgIpc) is 2.74. The van der Waals surface area contributed by atoms with Gasteiger partial charge in [-0.15, -0.1) is 0 Å². The van der Waals surface area contributed by atoms with Crippen molar-refractivity contribution in [1.82, 2.24) is 14.9 Å². The van der Waals surface area contributed by atoms with Gasteiger partial charge in [0.15, 0.2) is 0 Å². The predicted molar refractivity (Wildman–Crippen MR) is 104 cm³/mol. The number of ether oxygens (including phenoxy) is 1. The molecule has 1 saturated heterocycles. The van der Waals surface area contributed by atoms with Crippen LogP contribution in [-0.2, 0) is 11.2 Å².